The summed E-state index contributed by atoms with van der Waals surface area (Å²) in [6, 6.07) is 13.6. The second-order valence-corrected chi connectivity index (χ2v) is 7.53. The first kappa shape index (κ1) is 23.2. The molecule has 0 aliphatic heterocycles. The Labute approximate surface area is 179 Å². The van der Waals surface area contributed by atoms with Crippen molar-refractivity contribution in [3.8, 4) is 5.75 Å². The smallest absolute Gasteiger partial charge is 0.243 e. The summed E-state index contributed by atoms with van der Waals surface area (Å²) in [4.78, 5) is 28.2. The maximum atomic E-state index is 12.5. The van der Waals surface area contributed by atoms with Gasteiger partial charge in [0.15, 0.2) is 0 Å². The van der Waals surface area contributed by atoms with E-state index < -0.39 is 0 Å². The minimum absolute atomic E-state index is 0.00932. The maximum Gasteiger partial charge on any atom is 0.243 e. The Morgan fingerprint density at radius 2 is 1.77 bits per heavy atom. The van der Waals surface area contributed by atoms with E-state index in [-0.39, 0.29) is 24.9 Å². The molecule has 2 aromatic rings. The number of nitrogens with one attached hydrogen (secondary N) is 1. The normalized spacial score (nSPS) is 10.6. The van der Waals surface area contributed by atoms with E-state index >= 15 is 0 Å². The highest BCUT2D eigenvalue weighted by Crippen LogP contribution is 2.16. The quantitative estimate of drug-likeness (QED) is 0.611. The van der Waals surface area contributed by atoms with Crippen molar-refractivity contribution in [1.29, 1.82) is 0 Å². The highest BCUT2D eigenvalue weighted by atomic mass is 16.5. The molecule has 0 atom stereocenters. The molecule has 0 aliphatic carbocycles. The molecule has 0 spiro atoms. The number of hydrogen-bond donors (Lipinski definition) is 1. The van der Waals surface area contributed by atoms with Gasteiger partial charge in [-0.05, 0) is 55.8 Å². The van der Waals surface area contributed by atoms with Gasteiger partial charge in [0, 0.05) is 19.3 Å². The van der Waals surface area contributed by atoms with Gasteiger partial charge < -0.3 is 15.0 Å². The van der Waals surface area contributed by atoms with Crippen LogP contribution in [0, 0.1) is 13.8 Å². The highest BCUT2D eigenvalue weighted by molar-refractivity contribution is 5.95. The van der Waals surface area contributed by atoms with Gasteiger partial charge in [0.1, 0.15) is 12.4 Å². The lowest BCUT2D eigenvalue weighted by Gasteiger charge is -2.22. The molecule has 1 N–H and O–H groups in total. The number of likely N-dealkylation sites (N-methyl/N-ethyl adjacent to an activating group) is 2. The third-order valence-electron chi connectivity index (χ3n) is 4.62. The topological polar surface area (TPSA) is 61.9 Å². The third-order valence-corrected chi connectivity index (χ3v) is 4.62. The fourth-order valence-electron chi connectivity index (χ4n) is 2.93. The summed E-state index contributed by atoms with van der Waals surface area (Å²) in [5.41, 5.74) is 3.91. The Bertz CT molecular complexity index is 878. The molecule has 2 rings (SSSR count). The van der Waals surface area contributed by atoms with Gasteiger partial charge in [0.2, 0.25) is 11.8 Å². The minimum Gasteiger partial charge on any atom is -0.490 e. The molecule has 2 amide bonds. The molecule has 0 aromatic heterocycles. The van der Waals surface area contributed by atoms with E-state index in [0.717, 1.165) is 28.1 Å². The molecule has 0 saturated heterocycles. The lowest BCUT2D eigenvalue weighted by atomic mass is 10.1. The van der Waals surface area contributed by atoms with E-state index in [2.05, 4.69) is 11.9 Å². The molecule has 6 heteroatoms. The average molecular weight is 410 g/mol. The van der Waals surface area contributed by atoms with Crippen LogP contribution in [0.2, 0.25) is 0 Å². The lowest BCUT2D eigenvalue weighted by molar-refractivity contribution is -0.134. The van der Waals surface area contributed by atoms with Crippen molar-refractivity contribution in [3.05, 3.63) is 71.8 Å². The first-order chi connectivity index (χ1) is 14.3. The van der Waals surface area contributed by atoms with Crippen LogP contribution in [-0.4, -0.2) is 55.4 Å². The molecule has 0 bridgehead atoms. The zero-order valence-electron chi connectivity index (χ0n) is 18.3. The van der Waals surface area contributed by atoms with E-state index in [4.69, 9.17) is 4.74 Å². The summed E-state index contributed by atoms with van der Waals surface area (Å²) in [5, 5.41) is 2.89. The zero-order valence-corrected chi connectivity index (χ0v) is 18.3. The number of rotatable bonds is 10. The van der Waals surface area contributed by atoms with Crippen LogP contribution in [-0.2, 0) is 16.1 Å². The maximum absolute atomic E-state index is 12.5. The second-order valence-electron chi connectivity index (χ2n) is 7.53. The van der Waals surface area contributed by atoms with Crippen molar-refractivity contribution in [2.24, 2.45) is 0 Å². The van der Waals surface area contributed by atoms with Gasteiger partial charge >= 0.3 is 0 Å². The van der Waals surface area contributed by atoms with Gasteiger partial charge in [-0.3, -0.25) is 14.5 Å². The highest BCUT2D eigenvalue weighted by Gasteiger charge is 2.16. The summed E-state index contributed by atoms with van der Waals surface area (Å²) in [7, 11) is 3.52. The van der Waals surface area contributed by atoms with Crippen LogP contribution in [0.25, 0.3) is 0 Å². The van der Waals surface area contributed by atoms with Crippen LogP contribution in [0.3, 0.4) is 0 Å². The number of nitrogens with zero attached hydrogens (tertiary/aromatic N) is 2. The number of carbonyl (C=O) groups is 2. The minimum atomic E-state index is -0.211. The van der Waals surface area contributed by atoms with Crippen molar-refractivity contribution in [2.45, 2.75) is 20.4 Å². The van der Waals surface area contributed by atoms with E-state index in [1.54, 1.807) is 13.1 Å². The molecule has 160 valence electrons. The Balaban J connectivity index is 1.81. The van der Waals surface area contributed by atoms with Crippen molar-refractivity contribution in [3.63, 3.8) is 0 Å². The number of benzene rings is 2. The molecule has 6 nitrogen and oxygen atoms in total. The van der Waals surface area contributed by atoms with Crippen LogP contribution in [0.1, 0.15) is 16.7 Å². The number of ether oxygens (including phenoxy) is 1. The number of aryl methyl sites for hydroxylation is 2. The summed E-state index contributed by atoms with van der Waals surface area (Å²) in [5.74, 6) is 0.462. The molecule has 30 heavy (non-hydrogen) atoms. The van der Waals surface area contributed by atoms with E-state index in [1.165, 1.54) is 4.90 Å². The first-order valence-electron chi connectivity index (χ1n) is 9.90. The van der Waals surface area contributed by atoms with Gasteiger partial charge in [-0.2, -0.15) is 0 Å². The molecular weight excluding hydrogens is 378 g/mol. The van der Waals surface area contributed by atoms with Gasteiger partial charge in [-0.1, -0.05) is 36.9 Å². The molecule has 0 fully saturated rings. The number of amides is 2. The SMILES string of the molecule is C=CCOc1ccc(CN(C)CC(=O)N(C)CC(=O)Nc2cc(C)ccc2C)cc1. The summed E-state index contributed by atoms with van der Waals surface area (Å²) in [6.45, 7) is 8.87. The van der Waals surface area contributed by atoms with Crippen molar-refractivity contribution < 1.29 is 14.3 Å². The summed E-state index contributed by atoms with van der Waals surface area (Å²) >= 11 is 0. The fraction of sp³-hybridized carbons (Fsp3) is 0.333. The zero-order chi connectivity index (χ0) is 22.1. The molecule has 0 radical (unpaired) electrons. The predicted octanol–water partition coefficient (Wildman–Crippen LogP) is 3.40. The fourth-order valence-corrected chi connectivity index (χ4v) is 2.93. The lowest BCUT2D eigenvalue weighted by Crippen LogP contribution is -2.40. The molecule has 0 unspecified atom stereocenters. The Morgan fingerprint density at radius 3 is 2.43 bits per heavy atom. The molecule has 0 heterocycles. The van der Waals surface area contributed by atoms with Crippen LogP contribution in [0.15, 0.2) is 55.1 Å². The Kier molecular flexibility index (Phi) is 8.62. The monoisotopic (exact) mass is 409 g/mol. The van der Waals surface area contributed by atoms with Crippen LogP contribution in [0.5, 0.6) is 5.75 Å². The van der Waals surface area contributed by atoms with Gasteiger partial charge in [-0.25, -0.2) is 0 Å². The number of anilines is 1. The molecule has 2 aromatic carbocycles. The molecular formula is C24H31N3O3. The number of hydrogen-bond acceptors (Lipinski definition) is 4. The predicted molar refractivity (Wildman–Crippen MR) is 121 cm³/mol. The van der Waals surface area contributed by atoms with Crippen molar-refractivity contribution >= 4 is 17.5 Å². The average Bonchev–Trinajstić information content (AvgIpc) is 2.70. The molecule has 0 saturated carbocycles. The number of carbonyl (C=O) groups excluding carboxylic acids is 2. The second kappa shape index (κ2) is 11.2. The van der Waals surface area contributed by atoms with Crippen LogP contribution in [0.4, 0.5) is 5.69 Å². The van der Waals surface area contributed by atoms with Gasteiger partial charge in [0.25, 0.3) is 0 Å². The van der Waals surface area contributed by atoms with E-state index in [9.17, 15) is 9.59 Å². The summed E-state index contributed by atoms with van der Waals surface area (Å²) < 4.78 is 5.47. The van der Waals surface area contributed by atoms with Gasteiger partial charge in [-0.15, -0.1) is 0 Å². The molecule has 0 aliphatic rings. The third kappa shape index (κ3) is 7.37. The van der Waals surface area contributed by atoms with Crippen molar-refractivity contribution in [2.75, 3.05) is 39.1 Å². The van der Waals surface area contributed by atoms with Crippen LogP contribution >= 0.6 is 0 Å². The van der Waals surface area contributed by atoms with Gasteiger partial charge in [0.05, 0.1) is 13.1 Å². The van der Waals surface area contributed by atoms with E-state index in [1.807, 2.05) is 68.3 Å². The van der Waals surface area contributed by atoms with Crippen LogP contribution < -0.4 is 10.1 Å². The Hall–Kier alpha value is -3.12. The summed E-state index contributed by atoms with van der Waals surface area (Å²) in [6.07, 6.45) is 1.70. The Morgan fingerprint density at radius 1 is 1.07 bits per heavy atom. The first-order valence-corrected chi connectivity index (χ1v) is 9.90. The van der Waals surface area contributed by atoms with Crippen molar-refractivity contribution in [1.82, 2.24) is 9.80 Å². The standard InChI is InChI=1S/C24H31N3O3/c1-6-13-30-21-11-9-20(10-12-21)15-26(4)17-24(29)27(5)16-23(28)25-22-14-18(2)7-8-19(22)3/h6-12,14H,1,13,15-17H2,2-5H3,(H,25,28). The van der Waals surface area contributed by atoms with E-state index in [0.29, 0.717) is 13.2 Å². The largest absolute Gasteiger partial charge is 0.490 e.